The van der Waals surface area contributed by atoms with E-state index in [9.17, 15) is 4.79 Å². The summed E-state index contributed by atoms with van der Waals surface area (Å²) < 4.78 is 0. The predicted octanol–water partition coefficient (Wildman–Crippen LogP) is 3.14. The molecular weight excluding hydrogens is 210 g/mol. The van der Waals surface area contributed by atoms with E-state index in [1.807, 2.05) is 25.2 Å². The number of hydrogen-bond acceptors (Lipinski definition) is 2. The minimum atomic E-state index is 0.545. The van der Waals surface area contributed by atoms with Crippen molar-refractivity contribution in [2.24, 2.45) is 0 Å². The average Bonchev–Trinajstić information content (AvgIpc) is 2.14. The second-order valence-electron chi connectivity index (χ2n) is 3.99. The van der Waals surface area contributed by atoms with E-state index in [1.54, 1.807) is 0 Å². The van der Waals surface area contributed by atoms with E-state index in [-0.39, 0.29) is 0 Å². The van der Waals surface area contributed by atoms with Crippen molar-refractivity contribution in [2.75, 3.05) is 11.9 Å². The van der Waals surface area contributed by atoms with Gasteiger partial charge in [0.05, 0.1) is 10.7 Å². The molecule has 1 fully saturated rings. The summed E-state index contributed by atoms with van der Waals surface area (Å²) in [6, 6.07) is 6.00. The summed E-state index contributed by atoms with van der Waals surface area (Å²) in [6.45, 7) is 0. The summed E-state index contributed by atoms with van der Waals surface area (Å²) in [7, 11) is 2.01. The number of carbonyl (C=O) groups is 1. The highest BCUT2D eigenvalue weighted by atomic mass is 35.5. The first-order valence-electron chi connectivity index (χ1n) is 5.20. The van der Waals surface area contributed by atoms with E-state index in [2.05, 4.69) is 4.90 Å². The van der Waals surface area contributed by atoms with E-state index < -0.39 is 0 Å². The molecule has 80 valence electrons. The van der Waals surface area contributed by atoms with E-state index in [0.29, 0.717) is 16.6 Å². The number of nitrogens with zero attached hydrogens (tertiary/aromatic N) is 1. The molecule has 0 saturated heterocycles. The molecule has 1 aromatic carbocycles. The van der Waals surface area contributed by atoms with Gasteiger partial charge in [-0.15, -0.1) is 0 Å². The lowest BCUT2D eigenvalue weighted by molar-refractivity contribution is 0.112. The average molecular weight is 224 g/mol. The lowest BCUT2D eigenvalue weighted by Crippen LogP contribution is -2.37. The zero-order valence-electron chi connectivity index (χ0n) is 8.74. The molecule has 2 rings (SSSR count). The fourth-order valence-corrected chi connectivity index (χ4v) is 2.27. The maximum Gasteiger partial charge on any atom is 0.152 e. The van der Waals surface area contributed by atoms with Gasteiger partial charge in [0.1, 0.15) is 0 Å². The van der Waals surface area contributed by atoms with Crippen molar-refractivity contribution >= 4 is 23.6 Å². The van der Waals surface area contributed by atoms with E-state index in [1.165, 1.54) is 19.3 Å². The van der Waals surface area contributed by atoms with Gasteiger partial charge in [0, 0.05) is 18.7 Å². The van der Waals surface area contributed by atoms with Crippen LogP contribution in [0.5, 0.6) is 0 Å². The lowest BCUT2D eigenvalue weighted by atomic mass is 9.91. The van der Waals surface area contributed by atoms with Crippen LogP contribution in [0.15, 0.2) is 18.2 Å². The molecule has 2 nitrogen and oxygen atoms in total. The van der Waals surface area contributed by atoms with Gasteiger partial charge < -0.3 is 4.90 Å². The molecule has 0 aromatic heterocycles. The Morgan fingerprint density at radius 1 is 1.47 bits per heavy atom. The van der Waals surface area contributed by atoms with Gasteiger partial charge >= 0.3 is 0 Å². The Hall–Kier alpha value is -1.02. The smallest absolute Gasteiger partial charge is 0.152 e. The third-order valence-electron chi connectivity index (χ3n) is 3.12. The molecule has 0 heterocycles. The van der Waals surface area contributed by atoms with Crippen LogP contribution in [-0.4, -0.2) is 19.4 Å². The highest BCUT2D eigenvalue weighted by Crippen LogP contribution is 2.34. The zero-order valence-corrected chi connectivity index (χ0v) is 9.50. The molecule has 0 atom stereocenters. The third kappa shape index (κ3) is 1.86. The van der Waals surface area contributed by atoms with E-state index in [4.69, 9.17) is 11.6 Å². The van der Waals surface area contributed by atoms with Gasteiger partial charge in [-0.3, -0.25) is 4.79 Å². The SMILES string of the molecule is CN(c1c(Cl)cccc1C=O)C1CCC1. The number of halogens is 1. The Labute approximate surface area is 94.8 Å². The molecule has 1 saturated carbocycles. The van der Waals surface area contributed by atoms with Gasteiger partial charge in [-0.2, -0.15) is 0 Å². The number of para-hydroxylation sites is 1. The number of rotatable bonds is 3. The molecular formula is C12H14ClNO. The number of benzene rings is 1. The van der Waals surface area contributed by atoms with Crippen LogP contribution in [0.2, 0.25) is 5.02 Å². The van der Waals surface area contributed by atoms with E-state index >= 15 is 0 Å². The summed E-state index contributed by atoms with van der Waals surface area (Å²) in [5.74, 6) is 0. The Morgan fingerprint density at radius 3 is 2.73 bits per heavy atom. The second-order valence-corrected chi connectivity index (χ2v) is 4.40. The van der Waals surface area contributed by atoms with Crippen LogP contribution in [-0.2, 0) is 0 Å². The van der Waals surface area contributed by atoms with Gasteiger partial charge in [0.25, 0.3) is 0 Å². The Bertz CT molecular complexity index is 374. The zero-order chi connectivity index (χ0) is 10.8. The quantitative estimate of drug-likeness (QED) is 0.734. The van der Waals surface area contributed by atoms with E-state index in [0.717, 1.165) is 12.0 Å². The summed E-state index contributed by atoms with van der Waals surface area (Å²) in [4.78, 5) is 13.1. The van der Waals surface area contributed by atoms with Gasteiger partial charge in [0.15, 0.2) is 6.29 Å². The molecule has 0 spiro atoms. The van der Waals surface area contributed by atoms with Crippen molar-refractivity contribution < 1.29 is 4.79 Å². The van der Waals surface area contributed by atoms with Gasteiger partial charge in [-0.25, -0.2) is 0 Å². The Kier molecular flexibility index (Phi) is 2.96. The van der Waals surface area contributed by atoms with Gasteiger partial charge in [-0.05, 0) is 31.4 Å². The van der Waals surface area contributed by atoms with Crippen LogP contribution in [0.1, 0.15) is 29.6 Å². The molecule has 1 aliphatic rings. The maximum absolute atomic E-state index is 10.9. The Balaban J connectivity index is 2.35. The monoisotopic (exact) mass is 223 g/mol. The highest BCUT2D eigenvalue weighted by Gasteiger charge is 2.24. The van der Waals surface area contributed by atoms with Gasteiger partial charge in [-0.1, -0.05) is 17.7 Å². The topological polar surface area (TPSA) is 20.3 Å². The summed E-state index contributed by atoms with van der Waals surface area (Å²) in [5, 5.41) is 0.661. The number of anilines is 1. The lowest BCUT2D eigenvalue weighted by Gasteiger charge is -2.37. The summed E-state index contributed by atoms with van der Waals surface area (Å²) in [5.41, 5.74) is 1.55. The standard InChI is InChI=1S/C12H14ClNO/c1-14(10-5-3-6-10)12-9(8-15)4-2-7-11(12)13/h2,4,7-8,10H,3,5-6H2,1H3. The number of hydrogen-bond donors (Lipinski definition) is 0. The molecule has 0 radical (unpaired) electrons. The second kappa shape index (κ2) is 4.23. The van der Waals surface area contributed by atoms with Crippen molar-refractivity contribution in [3.8, 4) is 0 Å². The summed E-state index contributed by atoms with van der Waals surface area (Å²) >= 11 is 6.13. The third-order valence-corrected chi connectivity index (χ3v) is 3.43. The molecule has 15 heavy (non-hydrogen) atoms. The predicted molar refractivity (Wildman–Crippen MR) is 62.9 cm³/mol. The number of aldehydes is 1. The molecule has 0 aliphatic heterocycles. The van der Waals surface area contributed by atoms with Crippen molar-refractivity contribution in [1.29, 1.82) is 0 Å². The van der Waals surface area contributed by atoms with Crippen LogP contribution in [0.4, 0.5) is 5.69 Å². The van der Waals surface area contributed by atoms with Crippen LogP contribution >= 0.6 is 11.6 Å². The molecule has 0 bridgehead atoms. The summed E-state index contributed by atoms with van der Waals surface area (Å²) in [6.07, 6.45) is 4.53. The normalized spacial score (nSPS) is 15.9. The van der Waals surface area contributed by atoms with Crippen molar-refractivity contribution in [2.45, 2.75) is 25.3 Å². The van der Waals surface area contributed by atoms with Crippen molar-refractivity contribution in [1.82, 2.24) is 0 Å². The molecule has 0 N–H and O–H groups in total. The molecule has 1 aromatic rings. The van der Waals surface area contributed by atoms with Gasteiger partial charge in [0.2, 0.25) is 0 Å². The highest BCUT2D eigenvalue weighted by molar-refractivity contribution is 6.33. The fourth-order valence-electron chi connectivity index (χ4n) is 1.96. The van der Waals surface area contributed by atoms with Crippen LogP contribution in [0.25, 0.3) is 0 Å². The Morgan fingerprint density at radius 2 is 2.20 bits per heavy atom. The largest absolute Gasteiger partial charge is 0.370 e. The first-order valence-corrected chi connectivity index (χ1v) is 5.58. The fraction of sp³-hybridized carbons (Fsp3) is 0.417. The van der Waals surface area contributed by atoms with Crippen LogP contribution in [0.3, 0.4) is 0 Å². The maximum atomic E-state index is 10.9. The molecule has 0 amide bonds. The van der Waals surface area contributed by atoms with Crippen LogP contribution in [0, 0.1) is 0 Å². The molecule has 0 unspecified atom stereocenters. The first-order chi connectivity index (χ1) is 7.24. The van der Waals surface area contributed by atoms with Crippen LogP contribution < -0.4 is 4.90 Å². The molecule has 3 heteroatoms. The minimum Gasteiger partial charge on any atom is -0.370 e. The number of carbonyl (C=O) groups excluding carboxylic acids is 1. The molecule has 1 aliphatic carbocycles. The van der Waals surface area contributed by atoms with Crippen molar-refractivity contribution in [3.05, 3.63) is 28.8 Å². The first kappa shape index (κ1) is 10.5. The minimum absolute atomic E-state index is 0.545. The van der Waals surface area contributed by atoms with Crippen molar-refractivity contribution in [3.63, 3.8) is 0 Å².